The van der Waals surface area contributed by atoms with Crippen LogP contribution in [0.25, 0.3) is 0 Å². The number of hydrogen-bond acceptors (Lipinski definition) is 2. The molecule has 2 aliphatic carbocycles. The van der Waals surface area contributed by atoms with E-state index >= 15 is 0 Å². The zero-order valence-corrected chi connectivity index (χ0v) is 12.4. The van der Waals surface area contributed by atoms with Crippen molar-refractivity contribution in [1.82, 2.24) is 5.32 Å². The van der Waals surface area contributed by atoms with Crippen molar-refractivity contribution in [3.63, 3.8) is 0 Å². The number of carbonyl (C=O) groups excluding carboxylic acids is 1. The van der Waals surface area contributed by atoms with Crippen molar-refractivity contribution in [2.24, 2.45) is 0 Å². The Labute approximate surface area is 119 Å². The van der Waals surface area contributed by atoms with Crippen LogP contribution in [0.5, 0.6) is 0 Å². The Morgan fingerprint density at radius 1 is 1.05 bits per heavy atom. The molecule has 2 nitrogen and oxygen atoms in total. The highest BCUT2D eigenvalue weighted by molar-refractivity contribution is 7.14. The highest BCUT2D eigenvalue weighted by Gasteiger charge is 2.20. The van der Waals surface area contributed by atoms with Crippen LogP contribution in [0.3, 0.4) is 0 Å². The van der Waals surface area contributed by atoms with Gasteiger partial charge in [-0.3, -0.25) is 4.79 Å². The first-order valence-corrected chi connectivity index (χ1v) is 8.57. The molecule has 1 heterocycles. The van der Waals surface area contributed by atoms with E-state index in [4.69, 9.17) is 0 Å². The second-order valence-electron chi connectivity index (χ2n) is 5.93. The first-order chi connectivity index (χ1) is 9.33. The van der Waals surface area contributed by atoms with Crippen molar-refractivity contribution >= 4 is 17.2 Å². The number of hydrogen-bond donors (Lipinski definition) is 1. The summed E-state index contributed by atoms with van der Waals surface area (Å²) in [6.07, 6.45) is 12.5. The maximum atomic E-state index is 12.3. The number of rotatable bonds is 2. The van der Waals surface area contributed by atoms with Gasteiger partial charge in [-0.1, -0.05) is 25.7 Å². The summed E-state index contributed by atoms with van der Waals surface area (Å²) in [5, 5.41) is 3.26. The Hall–Kier alpha value is -0.830. The van der Waals surface area contributed by atoms with Gasteiger partial charge in [0, 0.05) is 10.9 Å². The third-order valence-corrected chi connectivity index (χ3v) is 5.65. The lowest BCUT2D eigenvalue weighted by Gasteiger charge is -2.15. The van der Waals surface area contributed by atoms with Crippen LogP contribution in [0.2, 0.25) is 0 Å². The van der Waals surface area contributed by atoms with Crippen molar-refractivity contribution in [3.05, 3.63) is 21.4 Å². The van der Waals surface area contributed by atoms with Crippen LogP contribution in [0.4, 0.5) is 0 Å². The average Bonchev–Trinajstić information content (AvgIpc) is 2.70. The van der Waals surface area contributed by atoms with E-state index in [2.05, 4.69) is 11.4 Å². The van der Waals surface area contributed by atoms with Crippen LogP contribution in [0.1, 0.15) is 71.5 Å². The van der Waals surface area contributed by atoms with Crippen LogP contribution >= 0.6 is 11.3 Å². The molecule has 0 atom stereocenters. The predicted octanol–water partition coefficient (Wildman–Crippen LogP) is 4.08. The molecule has 3 rings (SSSR count). The molecule has 0 bridgehead atoms. The van der Waals surface area contributed by atoms with E-state index in [1.54, 1.807) is 11.3 Å². The summed E-state index contributed by atoms with van der Waals surface area (Å²) in [4.78, 5) is 14.7. The van der Waals surface area contributed by atoms with E-state index in [1.807, 2.05) is 0 Å². The highest BCUT2D eigenvalue weighted by atomic mass is 32.1. The summed E-state index contributed by atoms with van der Waals surface area (Å²) in [6.45, 7) is 0. The van der Waals surface area contributed by atoms with Crippen LogP contribution in [0.15, 0.2) is 6.07 Å². The lowest BCUT2D eigenvalue weighted by Crippen LogP contribution is -2.33. The fraction of sp³-hybridized carbons (Fsp3) is 0.688. The van der Waals surface area contributed by atoms with Gasteiger partial charge in [-0.2, -0.15) is 0 Å². The van der Waals surface area contributed by atoms with Gasteiger partial charge in [-0.05, 0) is 50.2 Å². The van der Waals surface area contributed by atoms with E-state index in [9.17, 15) is 4.79 Å². The molecule has 1 fully saturated rings. The van der Waals surface area contributed by atoms with Crippen molar-refractivity contribution < 1.29 is 4.79 Å². The molecule has 19 heavy (non-hydrogen) atoms. The third-order valence-electron chi connectivity index (χ3n) is 4.41. The molecular formula is C16H23NOS. The molecule has 0 spiro atoms. The van der Waals surface area contributed by atoms with Gasteiger partial charge in [0.25, 0.3) is 5.91 Å². The number of thiophene rings is 1. The van der Waals surface area contributed by atoms with Gasteiger partial charge in [0.1, 0.15) is 0 Å². The van der Waals surface area contributed by atoms with Gasteiger partial charge in [-0.25, -0.2) is 0 Å². The lowest BCUT2D eigenvalue weighted by molar-refractivity contribution is 0.0937. The molecule has 0 aromatic carbocycles. The molecule has 0 unspecified atom stereocenters. The Bertz CT molecular complexity index is 420. The Balaban J connectivity index is 1.64. The molecule has 3 heteroatoms. The molecule has 0 aliphatic heterocycles. The zero-order chi connectivity index (χ0) is 13.1. The topological polar surface area (TPSA) is 29.1 Å². The number of nitrogens with one attached hydrogen (secondary N) is 1. The largest absolute Gasteiger partial charge is 0.349 e. The summed E-state index contributed by atoms with van der Waals surface area (Å²) >= 11 is 1.73. The van der Waals surface area contributed by atoms with Crippen molar-refractivity contribution in [1.29, 1.82) is 0 Å². The molecule has 104 valence electrons. The first-order valence-electron chi connectivity index (χ1n) is 7.75. The Kier molecular flexibility index (Phi) is 4.21. The minimum Gasteiger partial charge on any atom is -0.349 e. The van der Waals surface area contributed by atoms with E-state index in [0.717, 1.165) is 17.7 Å². The van der Waals surface area contributed by atoms with Gasteiger partial charge in [0.05, 0.1) is 4.88 Å². The molecular weight excluding hydrogens is 254 g/mol. The molecule has 1 saturated carbocycles. The van der Waals surface area contributed by atoms with Crippen LogP contribution in [-0.4, -0.2) is 11.9 Å². The Morgan fingerprint density at radius 3 is 2.53 bits per heavy atom. The molecule has 0 radical (unpaired) electrons. The zero-order valence-electron chi connectivity index (χ0n) is 11.5. The third kappa shape index (κ3) is 3.19. The maximum Gasteiger partial charge on any atom is 0.261 e. The normalized spacial score (nSPS) is 20.6. The summed E-state index contributed by atoms with van der Waals surface area (Å²) in [5.41, 5.74) is 1.43. The minimum absolute atomic E-state index is 0.172. The molecule has 2 aliphatic rings. The number of amides is 1. The maximum absolute atomic E-state index is 12.3. The van der Waals surface area contributed by atoms with Gasteiger partial charge < -0.3 is 5.32 Å². The van der Waals surface area contributed by atoms with E-state index in [-0.39, 0.29) is 5.91 Å². The molecule has 1 aromatic heterocycles. The Morgan fingerprint density at radius 2 is 1.79 bits per heavy atom. The molecule has 1 aromatic rings. The summed E-state index contributed by atoms with van der Waals surface area (Å²) in [6, 6.07) is 2.56. The van der Waals surface area contributed by atoms with Gasteiger partial charge in [-0.15, -0.1) is 11.3 Å². The molecule has 0 saturated heterocycles. The van der Waals surface area contributed by atoms with Crippen molar-refractivity contribution in [3.8, 4) is 0 Å². The summed E-state index contributed by atoms with van der Waals surface area (Å²) < 4.78 is 0. The number of fused-ring (bicyclic) bond motifs is 1. The minimum atomic E-state index is 0.172. The summed E-state index contributed by atoms with van der Waals surface area (Å²) in [7, 11) is 0. The van der Waals surface area contributed by atoms with Gasteiger partial charge >= 0.3 is 0 Å². The highest BCUT2D eigenvalue weighted by Crippen LogP contribution is 2.29. The van der Waals surface area contributed by atoms with Gasteiger partial charge in [0.15, 0.2) is 0 Å². The van der Waals surface area contributed by atoms with Crippen LogP contribution in [-0.2, 0) is 12.8 Å². The number of carbonyl (C=O) groups is 1. The fourth-order valence-electron chi connectivity index (χ4n) is 3.28. The smallest absolute Gasteiger partial charge is 0.261 e. The van der Waals surface area contributed by atoms with Crippen LogP contribution in [0, 0.1) is 0 Å². The fourth-order valence-corrected chi connectivity index (χ4v) is 4.44. The van der Waals surface area contributed by atoms with Crippen molar-refractivity contribution in [2.75, 3.05) is 0 Å². The van der Waals surface area contributed by atoms with Gasteiger partial charge in [0.2, 0.25) is 0 Å². The van der Waals surface area contributed by atoms with E-state index < -0.39 is 0 Å². The number of aryl methyl sites for hydroxylation is 2. The first kappa shape index (κ1) is 13.2. The average molecular weight is 277 g/mol. The monoisotopic (exact) mass is 277 g/mol. The van der Waals surface area contributed by atoms with Crippen LogP contribution < -0.4 is 5.32 Å². The molecule has 1 amide bonds. The quantitative estimate of drug-likeness (QED) is 0.811. The second-order valence-corrected chi connectivity index (χ2v) is 7.06. The standard InChI is InChI=1S/C16H23NOS/c18-16(17-13-8-3-1-2-4-9-13)15-11-12-7-5-6-10-14(12)19-15/h11,13H,1-10H2,(H,17,18). The SMILES string of the molecule is O=C(NC1CCCCCC1)c1cc2c(s1)CCCC2. The molecule has 1 N–H and O–H groups in total. The summed E-state index contributed by atoms with van der Waals surface area (Å²) in [5.74, 6) is 0.172. The predicted molar refractivity (Wildman–Crippen MR) is 79.9 cm³/mol. The van der Waals surface area contributed by atoms with Crippen molar-refractivity contribution in [2.45, 2.75) is 70.3 Å². The van der Waals surface area contributed by atoms with E-state index in [1.165, 1.54) is 61.8 Å². The lowest BCUT2D eigenvalue weighted by atomic mass is 9.99. The second kappa shape index (κ2) is 6.08. The van der Waals surface area contributed by atoms with E-state index in [0.29, 0.717) is 6.04 Å².